The van der Waals surface area contributed by atoms with Crippen molar-refractivity contribution < 1.29 is 4.79 Å². The molecule has 1 atom stereocenters. The molecule has 1 aliphatic rings. The number of nitrogens with one attached hydrogen (secondary N) is 1. The minimum Gasteiger partial charge on any atom is -0.359 e. The van der Waals surface area contributed by atoms with Crippen LogP contribution in [0.3, 0.4) is 0 Å². The summed E-state index contributed by atoms with van der Waals surface area (Å²) in [4.78, 5) is 14.3. The summed E-state index contributed by atoms with van der Waals surface area (Å²) in [6, 6.07) is 18.0. The molecule has 0 radical (unpaired) electrons. The fourth-order valence-electron chi connectivity index (χ4n) is 3.26. The van der Waals surface area contributed by atoms with E-state index in [0.717, 1.165) is 22.8 Å². The Morgan fingerprint density at radius 3 is 2.69 bits per heavy atom. The lowest BCUT2D eigenvalue weighted by molar-refractivity contribution is -0.116. The minimum absolute atomic E-state index is 0.0244. The largest absolute Gasteiger partial charge is 0.359 e. The van der Waals surface area contributed by atoms with E-state index in [-0.39, 0.29) is 11.9 Å². The van der Waals surface area contributed by atoms with Gasteiger partial charge in [-0.15, -0.1) is 5.10 Å². The van der Waals surface area contributed by atoms with Crippen molar-refractivity contribution >= 4 is 17.3 Å². The summed E-state index contributed by atoms with van der Waals surface area (Å²) in [5.74, 6) is 0.793. The van der Waals surface area contributed by atoms with Crippen LogP contribution < -0.4 is 10.2 Å². The van der Waals surface area contributed by atoms with E-state index in [9.17, 15) is 4.79 Å². The van der Waals surface area contributed by atoms with Crippen LogP contribution >= 0.6 is 0 Å². The molecular weight excluding hydrogens is 328 g/mol. The van der Waals surface area contributed by atoms with Crippen LogP contribution in [0.25, 0.3) is 0 Å². The van der Waals surface area contributed by atoms with Gasteiger partial charge in [0.25, 0.3) is 0 Å². The maximum absolute atomic E-state index is 12.1. The zero-order valence-corrected chi connectivity index (χ0v) is 14.5. The first kappa shape index (κ1) is 16.3. The summed E-state index contributed by atoms with van der Waals surface area (Å²) in [6.07, 6.45) is 0.426. The highest BCUT2D eigenvalue weighted by Crippen LogP contribution is 2.32. The summed E-state index contributed by atoms with van der Waals surface area (Å²) in [5.41, 5.74) is 2.95. The molecule has 3 aromatic rings. The van der Waals surface area contributed by atoms with Crippen LogP contribution in [0.15, 0.2) is 54.6 Å². The topological polar surface area (TPSA) is 75.9 Å². The fourth-order valence-corrected chi connectivity index (χ4v) is 3.26. The lowest BCUT2D eigenvalue weighted by atomic mass is 10.1. The second-order valence-electron chi connectivity index (χ2n) is 6.48. The van der Waals surface area contributed by atoms with E-state index in [0.29, 0.717) is 19.5 Å². The molecule has 4 rings (SSSR count). The molecule has 0 saturated heterocycles. The van der Waals surface area contributed by atoms with Gasteiger partial charge in [-0.2, -0.15) is 0 Å². The Morgan fingerprint density at radius 2 is 1.85 bits per heavy atom. The number of carbonyl (C=O) groups is 1. The van der Waals surface area contributed by atoms with Crippen LogP contribution in [-0.4, -0.2) is 32.2 Å². The number of para-hydroxylation sites is 2. The lowest BCUT2D eigenvalue weighted by Gasteiger charge is -2.29. The highest BCUT2D eigenvalue weighted by Gasteiger charge is 2.26. The lowest BCUT2D eigenvalue weighted by Crippen LogP contribution is -2.34. The summed E-state index contributed by atoms with van der Waals surface area (Å²) < 4.78 is 1.81. The third-order valence-corrected chi connectivity index (χ3v) is 4.59. The second kappa shape index (κ2) is 6.95. The molecule has 7 nitrogen and oxygen atoms in total. The number of hydrogen-bond acceptors (Lipinski definition) is 5. The average molecular weight is 348 g/mol. The number of fused-ring (bicyclic) bond motifs is 1. The Labute approximate surface area is 151 Å². The van der Waals surface area contributed by atoms with Gasteiger partial charge in [0.2, 0.25) is 5.91 Å². The normalized spacial score (nSPS) is 16.7. The highest BCUT2D eigenvalue weighted by molar-refractivity contribution is 5.96. The van der Waals surface area contributed by atoms with E-state index in [2.05, 4.69) is 37.9 Å². The highest BCUT2D eigenvalue weighted by atomic mass is 16.1. The van der Waals surface area contributed by atoms with E-state index >= 15 is 0 Å². The van der Waals surface area contributed by atoms with Crippen molar-refractivity contribution in [2.24, 2.45) is 0 Å². The van der Waals surface area contributed by atoms with Crippen molar-refractivity contribution in [3.05, 3.63) is 66.0 Å². The number of tetrazole rings is 1. The Hall–Kier alpha value is -3.22. The molecule has 1 aliphatic heterocycles. The molecular formula is C19H20N6O. The van der Waals surface area contributed by atoms with Crippen LogP contribution in [0.2, 0.25) is 0 Å². The van der Waals surface area contributed by atoms with Gasteiger partial charge in [0.05, 0.1) is 24.5 Å². The second-order valence-corrected chi connectivity index (χ2v) is 6.48. The average Bonchev–Trinajstić information content (AvgIpc) is 3.03. The first-order chi connectivity index (χ1) is 12.7. The van der Waals surface area contributed by atoms with Crippen LogP contribution in [0, 0.1) is 0 Å². The molecule has 0 bridgehead atoms. The van der Waals surface area contributed by atoms with Gasteiger partial charge < -0.3 is 10.2 Å². The molecule has 1 aromatic heterocycles. The molecule has 0 saturated carbocycles. The number of aromatic nitrogens is 4. The maximum Gasteiger partial charge on any atom is 0.226 e. The number of benzene rings is 2. The number of amides is 1. The Balaban J connectivity index is 1.63. The van der Waals surface area contributed by atoms with E-state index in [4.69, 9.17) is 0 Å². The number of anilines is 2. The molecule has 26 heavy (non-hydrogen) atoms. The van der Waals surface area contributed by atoms with Crippen molar-refractivity contribution in [3.8, 4) is 0 Å². The Morgan fingerprint density at radius 1 is 1.08 bits per heavy atom. The predicted molar refractivity (Wildman–Crippen MR) is 98.7 cm³/mol. The molecule has 2 heterocycles. The summed E-state index contributed by atoms with van der Waals surface area (Å²) >= 11 is 0. The molecule has 0 spiro atoms. The van der Waals surface area contributed by atoms with Crippen molar-refractivity contribution in [1.29, 1.82) is 0 Å². The third-order valence-electron chi connectivity index (χ3n) is 4.59. The van der Waals surface area contributed by atoms with Crippen LogP contribution in [0.5, 0.6) is 0 Å². The van der Waals surface area contributed by atoms with Gasteiger partial charge in [0.15, 0.2) is 5.82 Å². The summed E-state index contributed by atoms with van der Waals surface area (Å²) in [6.45, 7) is 3.20. The molecule has 0 fully saturated rings. The number of rotatable bonds is 4. The van der Waals surface area contributed by atoms with Crippen molar-refractivity contribution in [3.63, 3.8) is 0 Å². The van der Waals surface area contributed by atoms with E-state index in [1.54, 1.807) is 0 Å². The van der Waals surface area contributed by atoms with Gasteiger partial charge in [0, 0.05) is 12.5 Å². The van der Waals surface area contributed by atoms with Gasteiger partial charge in [-0.3, -0.25) is 4.79 Å². The van der Waals surface area contributed by atoms with Gasteiger partial charge in [-0.1, -0.05) is 42.5 Å². The van der Waals surface area contributed by atoms with Crippen molar-refractivity contribution in [2.75, 3.05) is 10.2 Å². The molecule has 1 unspecified atom stereocenters. The fraction of sp³-hybridized carbons (Fsp3) is 0.263. The molecule has 7 heteroatoms. The zero-order valence-electron chi connectivity index (χ0n) is 14.5. The Kier molecular flexibility index (Phi) is 4.35. The molecule has 1 amide bonds. The summed E-state index contributed by atoms with van der Waals surface area (Å²) in [7, 11) is 0. The van der Waals surface area contributed by atoms with Crippen molar-refractivity contribution in [1.82, 2.24) is 20.2 Å². The zero-order chi connectivity index (χ0) is 17.9. The van der Waals surface area contributed by atoms with E-state index in [1.807, 2.05) is 54.1 Å². The number of carbonyl (C=O) groups excluding carboxylic acids is 1. The quantitative estimate of drug-likeness (QED) is 0.784. The number of hydrogen-bond donors (Lipinski definition) is 1. The Bertz CT molecular complexity index is 907. The smallest absolute Gasteiger partial charge is 0.226 e. The molecule has 132 valence electrons. The first-order valence-corrected chi connectivity index (χ1v) is 8.65. The van der Waals surface area contributed by atoms with E-state index in [1.165, 1.54) is 0 Å². The third kappa shape index (κ3) is 3.28. The van der Waals surface area contributed by atoms with Crippen LogP contribution in [-0.2, 0) is 17.9 Å². The molecule has 2 aromatic carbocycles. The van der Waals surface area contributed by atoms with Gasteiger partial charge in [0.1, 0.15) is 0 Å². The monoisotopic (exact) mass is 348 g/mol. The van der Waals surface area contributed by atoms with Crippen molar-refractivity contribution in [2.45, 2.75) is 32.5 Å². The van der Waals surface area contributed by atoms with Crippen LogP contribution in [0.1, 0.15) is 24.7 Å². The van der Waals surface area contributed by atoms with Gasteiger partial charge in [-0.05, 0) is 35.0 Å². The maximum atomic E-state index is 12.1. The minimum atomic E-state index is 0.0244. The summed E-state index contributed by atoms with van der Waals surface area (Å²) in [5, 5.41) is 15.2. The first-order valence-electron chi connectivity index (χ1n) is 8.65. The number of nitrogens with zero attached hydrogens (tertiary/aromatic N) is 5. The SMILES string of the molecule is CC1CC(=O)Nc2ccccc2N1Cc1nnnn1Cc1ccccc1. The van der Waals surface area contributed by atoms with Gasteiger partial charge >= 0.3 is 0 Å². The predicted octanol–water partition coefficient (Wildman–Crippen LogP) is 2.46. The van der Waals surface area contributed by atoms with E-state index < -0.39 is 0 Å². The van der Waals surface area contributed by atoms with Gasteiger partial charge in [-0.25, -0.2) is 4.68 Å². The molecule has 0 aliphatic carbocycles. The van der Waals surface area contributed by atoms with Crippen LogP contribution in [0.4, 0.5) is 11.4 Å². The standard InChI is InChI=1S/C19H20N6O/c1-14-11-19(26)20-16-9-5-6-10-17(16)24(14)13-18-21-22-23-25(18)12-15-7-3-2-4-8-15/h2-10,14H,11-13H2,1H3,(H,20,26). The molecule has 1 N–H and O–H groups in total.